The molecule has 2 aliphatic rings. The fraction of sp³-hybridized carbons (Fsp3) is 0.509. The van der Waals surface area contributed by atoms with Crippen LogP contribution in [-0.4, -0.2) is 88.7 Å². The number of rotatable bonds is 19. The van der Waals surface area contributed by atoms with Crippen molar-refractivity contribution >= 4 is 46.6 Å². The van der Waals surface area contributed by atoms with Gasteiger partial charge in [-0.3, -0.25) is 19.2 Å². The molecule has 4 atom stereocenters. The van der Waals surface area contributed by atoms with Crippen molar-refractivity contribution in [3.8, 4) is 22.3 Å². The number of nitrogens with one attached hydrogen (secondary N) is 3. The van der Waals surface area contributed by atoms with E-state index in [1.54, 1.807) is 35.6 Å². The molecule has 2 fully saturated rings. The number of amides is 4. The number of ether oxygens (including phenoxy) is 2. The number of β-amino-alcohol motifs (C(OH)–C–C–N with tert-alkyl or cyclic N) is 1. The van der Waals surface area contributed by atoms with Crippen LogP contribution in [0.25, 0.3) is 10.4 Å². The molecule has 1 saturated carbocycles. The van der Waals surface area contributed by atoms with Crippen molar-refractivity contribution in [3.05, 3.63) is 105 Å². The third-order valence-electron chi connectivity index (χ3n) is 13.5. The number of hydrogen-bond acceptors (Lipinski definition) is 10. The van der Waals surface area contributed by atoms with Crippen molar-refractivity contribution in [1.82, 2.24) is 25.8 Å². The Morgan fingerprint density at radius 1 is 1.00 bits per heavy atom. The van der Waals surface area contributed by atoms with Gasteiger partial charge in [0.25, 0.3) is 5.91 Å². The summed E-state index contributed by atoms with van der Waals surface area (Å²) in [5.41, 5.74) is 4.12. The van der Waals surface area contributed by atoms with E-state index in [1.807, 2.05) is 98.2 Å². The molecule has 0 radical (unpaired) electrons. The van der Waals surface area contributed by atoms with Gasteiger partial charge in [-0.15, -0.1) is 11.3 Å². The molecule has 3 aromatic carbocycles. The number of carbonyl (C=O) groups is 4. The molecule has 0 spiro atoms. The summed E-state index contributed by atoms with van der Waals surface area (Å²) in [5, 5.41) is 29.0. The number of aryl methyl sites for hydroxylation is 2. The molecule has 370 valence electrons. The Hall–Kier alpha value is -5.40. The molecule has 16 heteroatoms. The lowest BCUT2D eigenvalue weighted by Crippen LogP contribution is -2.74. The molecule has 69 heavy (non-hydrogen) atoms. The van der Waals surface area contributed by atoms with Gasteiger partial charge in [0.15, 0.2) is 0 Å². The van der Waals surface area contributed by atoms with Crippen LogP contribution in [0.4, 0.5) is 4.39 Å². The van der Waals surface area contributed by atoms with Crippen molar-refractivity contribution < 1.29 is 38.1 Å². The van der Waals surface area contributed by atoms with Gasteiger partial charge in [0.2, 0.25) is 17.7 Å². The van der Waals surface area contributed by atoms with Crippen LogP contribution in [0.2, 0.25) is 5.02 Å². The number of nitrogens with zero attached hydrogens (tertiary/aromatic N) is 3. The Bertz CT molecular complexity index is 2520. The maximum atomic E-state index is 15.4. The number of aliphatic hydroxyl groups is 1. The number of nitriles is 1. The van der Waals surface area contributed by atoms with Crippen molar-refractivity contribution in [2.24, 2.45) is 16.2 Å². The van der Waals surface area contributed by atoms with Crippen LogP contribution < -0.4 is 20.7 Å². The lowest BCUT2D eigenvalue weighted by Gasteiger charge is -2.63. The smallest absolute Gasteiger partial charge is 0.254 e. The number of likely N-dealkylation sites (tertiary alicyclic amines) is 1. The van der Waals surface area contributed by atoms with E-state index in [2.05, 4.69) is 20.9 Å². The van der Waals surface area contributed by atoms with E-state index in [9.17, 15) is 29.5 Å². The summed E-state index contributed by atoms with van der Waals surface area (Å²) < 4.78 is 27.4. The fourth-order valence-electron chi connectivity index (χ4n) is 9.97. The zero-order valence-corrected chi connectivity index (χ0v) is 42.7. The average molecular weight is 986 g/mol. The molecular formula is C53H66ClFN6O7S. The van der Waals surface area contributed by atoms with E-state index in [1.165, 1.54) is 17.0 Å². The number of carbonyl (C=O) groups excluding carboxylic acids is 4. The van der Waals surface area contributed by atoms with Gasteiger partial charge in [-0.2, -0.15) is 5.26 Å². The van der Waals surface area contributed by atoms with Crippen molar-refractivity contribution in [2.45, 2.75) is 137 Å². The normalized spacial score (nSPS) is 20.2. The highest BCUT2D eigenvalue weighted by atomic mass is 35.5. The summed E-state index contributed by atoms with van der Waals surface area (Å²) in [4.78, 5) is 61.0. The quantitative estimate of drug-likeness (QED) is 0.0667. The summed E-state index contributed by atoms with van der Waals surface area (Å²) in [7, 11) is 0. The maximum absolute atomic E-state index is 15.4. The van der Waals surface area contributed by atoms with Gasteiger partial charge >= 0.3 is 0 Å². The maximum Gasteiger partial charge on any atom is 0.254 e. The molecule has 4 N–H and O–H groups in total. The zero-order valence-electron chi connectivity index (χ0n) is 41.1. The molecule has 13 nitrogen and oxygen atoms in total. The first kappa shape index (κ1) is 53.0. The number of unbranched alkanes of at least 4 members (excludes halogenated alkanes) is 3. The van der Waals surface area contributed by atoms with Gasteiger partial charge in [0, 0.05) is 42.5 Å². The van der Waals surface area contributed by atoms with E-state index < -0.39 is 58.0 Å². The van der Waals surface area contributed by atoms with Gasteiger partial charge in [-0.25, -0.2) is 9.37 Å². The topological polar surface area (TPSA) is 183 Å². The second-order valence-corrected chi connectivity index (χ2v) is 22.0. The van der Waals surface area contributed by atoms with E-state index in [0.717, 1.165) is 46.5 Å². The summed E-state index contributed by atoms with van der Waals surface area (Å²) >= 11 is 7.79. The van der Waals surface area contributed by atoms with E-state index >= 15 is 4.39 Å². The molecule has 0 bridgehead atoms. The first-order chi connectivity index (χ1) is 32.5. The minimum absolute atomic E-state index is 0.0267. The first-order valence-corrected chi connectivity index (χ1v) is 24.9. The largest absolute Gasteiger partial charge is 0.489 e. The number of aromatic nitrogens is 1. The summed E-state index contributed by atoms with van der Waals surface area (Å²) in [6.07, 6.45) is 2.69. The molecule has 4 aromatic rings. The molecular weight excluding hydrogens is 919 g/mol. The van der Waals surface area contributed by atoms with Crippen LogP contribution in [0.15, 0.2) is 66.2 Å². The lowest BCUT2D eigenvalue weighted by atomic mass is 9.49. The molecule has 0 unspecified atom stereocenters. The van der Waals surface area contributed by atoms with Crippen molar-refractivity contribution in [1.29, 1.82) is 5.26 Å². The number of hydrogen-bond donors (Lipinski definition) is 4. The van der Waals surface area contributed by atoms with E-state index in [0.29, 0.717) is 35.8 Å². The standard InChI is InChI=1S/C53H66ClFN6O7S/c1-31(34-16-18-35(19-17-34)44-32(2)57-30-69-44)58-47(65)42-25-37(62)28-61(42)48(66)45(51(3,4)5)59-43(63)29-67-23-13-11-10-12-14-33-15-22-39(41(55)24-33)46(64)60-49-52(6,7)50(53(49,8)9)68-38-21-20-36(27-56)40(54)26-38/h15-22,24,26,30-31,37,42,45,49-50,62H,10-14,23,25,28-29H2,1-9H3,(H,58,65)(H,59,63)(H,60,64)/t31-,37+,42-,45+,49?,50?/m0/s1. The van der Waals surface area contributed by atoms with Gasteiger partial charge in [-0.1, -0.05) is 103 Å². The van der Waals surface area contributed by atoms with E-state index in [-0.39, 0.29) is 49.2 Å². The summed E-state index contributed by atoms with van der Waals surface area (Å²) in [5.74, 6) is -1.84. The van der Waals surface area contributed by atoms with Crippen molar-refractivity contribution in [3.63, 3.8) is 0 Å². The predicted octanol–water partition coefficient (Wildman–Crippen LogP) is 8.88. The second kappa shape index (κ2) is 22.1. The van der Waals surface area contributed by atoms with Crippen LogP contribution in [0.1, 0.15) is 126 Å². The highest BCUT2D eigenvalue weighted by Gasteiger charge is 2.64. The minimum atomic E-state index is -0.972. The Labute approximate surface area is 414 Å². The SMILES string of the molecule is Cc1ncsc1-c1ccc([C@H](C)NC(=O)[C@@H]2C[C@@H](O)CN2C(=O)[C@@H](NC(=O)COCCCCCCc2ccc(C(=O)NC3C(C)(C)C(Oc4ccc(C#N)c(Cl)c4)C3(C)C)c(F)c2)C(C)(C)C)cc1. The van der Waals surface area contributed by atoms with Crippen LogP contribution in [0.3, 0.4) is 0 Å². The molecule has 1 aliphatic carbocycles. The first-order valence-electron chi connectivity index (χ1n) is 23.6. The van der Waals surface area contributed by atoms with Crippen molar-refractivity contribution in [2.75, 3.05) is 19.8 Å². The number of aliphatic hydroxyl groups excluding tert-OH is 1. The van der Waals surface area contributed by atoms with Crippen LogP contribution in [0, 0.1) is 40.3 Å². The fourth-order valence-corrected chi connectivity index (χ4v) is 11.0. The Morgan fingerprint density at radius 2 is 1.70 bits per heavy atom. The number of thiazole rings is 1. The number of halogens is 2. The number of benzene rings is 3. The average Bonchev–Trinajstić information content (AvgIpc) is 3.91. The highest BCUT2D eigenvalue weighted by molar-refractivity contribution is 7.13. The zero-order chi connectivity index (χ0) is 50.4. The third-order valence-corrected chi connectivity index (χ3v) is 14.8. The van der Waals surface area contributed by atoms with Gasteiger partial charge < -0.3 is 35.4 Å². The van der Waals surface area contributed by atoms with Gasteiger partial charge in [0.05, 0.1) is 44.4 Å². The minimum Gasteiger partial charge on any atom is -0.489 e. The van der Waals surface area contributed by atoms with E-state index in [4.69, 9.17) is 21.1 Å². The van der Waals surface area contributed by atoms with Crippen LogP contribution in [-0.2, 0) is 25.5 Å². The van der Waals surface area contributed by atoms with Gasteiger partial charge in [-0.05, 0) is 79.5 Å². The van der Waals surface area contributed by atoms with Crippen LogP contribution >= 0.6 is 22.9 Å². The van der Waals surface area contributed by atoms with Gasteiger partial charge in [0.1, 0.15) is 42.4 Å². The predicted molar refractivity (Wildman–Crippen MR) is 265 cm³/mol. The molecule has 1 aromatic heterocycles. The molecule has 1 aliphatic heterocycles. The summed E-state index contributed by atoms with van der Waals surface area (Å²) in [6, 6.07) is 17.0. The molecule has 2 heterocycles. The second-order valence-electron chi connectivity index (χ2n) is 20.7. The molecule has 1 saturated heterocycles. The molecule has 6 rings (SSSR count). The lowest BCUT2D eigenvalue weighted by molar-refractivity contribution is -0.164. The Morgan fingerprint density at radius 3 is 2.32 bits per heavy atom. The Kier molecular flexibility index (Phi) is 17.0. The summed E-state index contributed by atoms with van der Waals surface area (Å²) in [6.45, 7) is 17.4. The Balaban J connectivity index is 0.901. The monoisotopic (exact) mass is 984 g/mol. The third kappa shape index (κ3) is 12.5. The highest BCUT2D eigenvalue weighted by Crippen LogP contribution is 2.55. The molecule has 4 amide bonds. The van der Waals surface area contributed by atoms with Crippen LogP contribution in [0.5, 0.6) is 5.75 Å².